The van der Waals surface area contributed by atoms with Crippen molar-refractivity contribution in [3.05, 3.63) is 71.5 Å². The van der Waals surface area contributed by atoms with Gasteiger partial charge < -0.3 is 18.6 Å². The molecule has 30 heavy (non-hydrogen) atoms. The summed E-state index contributed by atoms with van der Waals surface area (Å²) < 4.78 is 21.9. The smallest absolute Gasteiger partial charge is 0.343 e. The largest absolute Gasteiger partial charge is 0.497 e. The van der Waals surface area contributed by atoms with Crippen LogP contribution in [0.4, 0.5) is 0 Å². The first-order valence-corrected chi connectivity index (χ1v) is 9.51. The summed E-state index contributed by atoms with van der Waals surface area (Å²) in [6, 6.07) is 15.7. The van der Waals surface area contributed by atoms with E-state index in [1.807, 2.05) is 24.3 Å². The lowest BCUT2D eigenvalue weighted by atomic mass is 10.0. The summed E-state index contributed by atoms with van der Waals surface area (Å²) >= 11 is 0. The van der Waals surface area contributed by atoms with E-state index in [4.69, 9.17) is 18.6 Å². The Kier molecular flexibility index (Phi) is 5.14. The van der Waals surface area contributed by atoms with Gasteiger partial charge in [0.15, 0.2) is 0 Å². The zero-order valence-corrected chi connectivity index (χ0v) is 16.9. The minimum Gasteiger partial charge on any atom is -0.497 e. The van der Waals surface area contributed by atoms with Crippen LogP contribution in [0.25, 0.3) is 21.7 Å². The minimum absolute atomic E-state index is 0.248. The van der Waals surface area contributed by atoms with Crippen LogP contribution in [-0.4, -0.2) is 25.7 Å². The van der Waals surface area contributed by atoms with Crippen LogP contribution in [0, 0.1) is 6.92 Å². The summed E-state index contributed by atoms with van der Waals surface area (Å²) in [5, 5.41) is 1.99. The maximum absolute atomic E-state index is 12.7. The van der Waals surface area contributed by atoms with Crippen LogP contribution in [0.1, 0.15) is 33.4 Å². The van der Waals surface area contributed by atoms with Gasteiger partial charge >= 0.3 is 11.9 Å². The van der Waals surface area contributed by atoms with Crippen LogP contribution in [0.3, 0.4) is 0 Å². The topological polar surface area (TPSA) is 75.0 Å². The normalized spacial score (nSPS) is 10.9. The molecule has 0 unspecified atom stereocenters. The first kappa shape index (κ1) is 19.5. The zero-order valence-electron chi connectivity index (χ0n) is 16.9. The fourth-order valence-corrected chi connectivity index (χ4v) is 3.43. The van der Waals surface area contributed by atoms with Crippen LogP contribution in [0.5, 0.6) is 11.5 Å². The Morgan fingerprint density at radius 2 is 1.63 bits per heavy atom. The number of fused-ring (bicyclic) bond motifs is 3. The molecule has 0 radical (unpaired) electrons. The van der Waals surface area contributed by atoms with Crippen molar-refractivity contribution in [1.82, 2.24) is 0 Å². The Labute approximate surface area is 172 Å². The number of esters is 2. The van der Waals surface area contributed by atoms with E-state index in [1.54, 1.807) is 51.3 Å². The molecule has 0 fully saturated rings. The number of benzene rings is 3. The molecule has 4 rings (SSSR count). The van der Waals surface area contributed by atoms with Crippen LogP contribution in [-0.2, 0) is 4.74 Å². The van der Waals surface area contributed by atoms with E-state index >= 15 is 0 Å². The second-order valence-corrected chi connectivity index (χ2v) is 6.67. The summed E-state index contributed by atoms with van der Waals surface area (Å²) in [4.78, 5) is 25.2. The van der Waals surface area contributed by atoms with Crippen molar-refractivity contribution in [2.45, 2.75) is 13.8 Å². The van der Waals surface area contributed by atoms with Gasteiger partial charge in [-0.05, 0) is 44.2 Å². The van der Waals surface area contributed by atoms with Crippen LogP contribution in [0.15, 0.2) is 59.0 Å². The number of carbonyl (C=O) groups is 2. The highest BCUT2D eigenvalue weighted by atomic mass is 16.5. The lowest BCUT2D eigenvalue weighted by Gasteiger charge is -2.09. The minimum atomic E-state index is -0.514. The second-order valence-electron chi connectivity index (χ2n) is 6.67. The Balaban J connectivity index is 1.84. The molecule has 0 saturated heterocycles. The predicted molar refractivity (Wildman–Crippen MR) is 112 cm³/mol. The molecular weight excluding hydrogens is 384 g/mol. The van der Waals surface area contributed by atoms with Crippen LogP contribution >= 0.6 is 0 Å². The van der Waals surface area contributed by atoms with E-state index in [0.717, 1.165) is 5.39 Å². The maximum Gasteiger partial charge on any atom is 0.343 e. The molecule has 0 amide bonds. The number of ether oxygens (including phenoxy) is 3. The van der Waals surface area contributed by atoms with Crippen molar-refractivity contribution in [3.8, 4) is 11.5 Å². The van der Waals surface area contributed by atoms with E-state index < -0.39 is 11.9 Å². The molecule has 152 valence electrons. The third-order valence-corrected chi connectivity index (χ3v) is 4.84. The van der Waals surface area contributed by atoms with Crippen LogP contribution in [0.2, 0.25) is 0 Å². The average Bonchev–Trinajstić information content (AvgIpc) is 3.10. The summed E-state index contributed by atoms with van der Waals surface area (Å²) in [5.74, 6) is 0.445. The average molecular weight is 404 g/mol. The lowest BCUT2D eigenvalue weighted by molar-refractivity contribution is 0.0526. The van der Waals surface area contributed by atoms with Crippen molar-refractivity contribution in [3.63, 3.8) is 0 Å². The van der Waals surface area contributed by atoms with Crippen molar-refractivity contribution in [2.24, 2.45) is 0 Å². The fraction of sp³-hybridized carbons (Fsp3) is 0.167. The zero-order chi connectivity index (χ0) is 21.3. The lowest BCUT2D eigenvalue weighted by Crippen LogP contribution is -2.09. The van der Waals surface area contributed by atoms with Crippen molar-refractivity contribution in [1.29, 1.82) is 0 Å². The fourth-order valence-electron chi connectivity index (χ4n) is 3.43. The third-order valence-electron chi connectivity index (χ3n) is 4.84. The standard InChI is InChI=1S/C24H20O6/c1-4-28-24(26)21-14(2)29-22-18-8-6-5-7-17(18)20(13-19(21)22)30-23(25)15-9-11-16(27-3)12-10-15/h5-13H,4H2,1-3H3. The van der Waals surface area contributed by atoms with Gasteiger partial charge in [0, 0.05) is 16.2 Å². The van der Waals surface area contributed by atoms with Gasteiger partial charge in [-0.3, -0.25) is 0 Å². The molecule has 0 saturated carbocycles. The third kappa shape index (κ3) is 3.37. The Bertz CT molecular complexity index is 1250. The van der Waals surface area contributed by atoms with E-state index in [0.29, 0.717) is 44.7 Å². The van der Waals surface area contributed by atoms with E-state index in [9.17, 15) is 9.59 Å². The molecule has 0 bridgehead atoms. The first-order chi connectivity index (χ1) is 14.5. The highest BCUT2D eigenvalue weighted by molar-refractivity contribution is 6.15. The van der Waals surface area contributed by atoms with Gasteiger partial charge in [0.2, 0.25) is 0 Å². The molecule has 0 aliphatic rings. The monoisotopic (exact) mass is 404 g/mol. The molecule has 1 aromatic heterocycles. The molecule has 1 heterocycles. The number of aryl methyl sites for hydroxylation is 1. The SMILES string of the molecule is CCOC(=O)c1c(C)oc2c1cc(OC(=O)c1ccc(OC)cc1)c1ccccc12. The van der Waals surface area contributed by atoms with Crippen molar-refractivity contribution >= 4 is 33.7 Å². The molecule has 3 aromatic carbocycles. The first-order valence-electron chi connectivity index (χ1n) is 9.51. The number of hydrogen-bond acceptors (Lipinski definition) is 6. The van der Waals surface area contributed by atoms with Crippen molar-refractivity contribution in [2.75, 3.05) is 13.7 Å². The quantitative estimate of drug-likeness (QED) is 0.332. The maximum atomic E-state index is 12.7. The Hall–Kier alpha value is -3.80. The van der Waals surface area contributed by atoms with Crippen LogP contribution < -0.4 is 9.47 Å². The summed E-state index contributed by atoms with van der Waals surface area (Å²) in [6.07, 6.45) is 0. The molecule has 0 N–H and O–H groups in total. The second kappa shape index (κ2) is 7.91. The van der Waals surface area contributed by atoms with E-state index in [1.165, 1.54) is 0 Å². The van der Waals surface area contributed by atoms with Gasteiger partial charge in [0.05, 0.1) is 19.3 Å². The highest BCUT2D eigenvalue weighted by Gasteiger charge is 2.23. The van der Waals surface area contributed by atoms with Gasteiger partial charge in [0.1, 0.15) is 28.4 Å². The van der Waals surface area contributed by atoms with Gasteiger partial charge in [0.25, 0.3) is 0 Å². The summed E-state index contributed by atoms with van der Waals surface area (Å²) in [6.45, 7) is 3.70. The summed E-state index contributed by atoms with van der Waals surface area (Å²) in [5.41, 5.74) is 1.27. The Morgan fingerprint density at radius 1 is 0.933 bits per heavy atom. The van der Waals surface area contributed by atoms with Crippen molar-refractivity contribution < 1.29 is 28.2 Å². The molecule has 6 heteroatoms. The number of methoxy groups -OCH3 is 1. The number of furan rings is 1. The van der Waals surface area contributed by atoms with Gasteiger partial charge in [-0.2, -0.15) is 0 Å². The van der Waals surface area contributed by atoms with E-state index in [-0.39, 0.29) is 6.61 Å². The predicted octanol–water partition coefficient (Wildman–Crippen LogP) is 5.30. The van der Waals surface area contributed by atoms with Gasteiger partial charge in [-0.1, -0.05) is 24.3 Å². The molecule has 0 aliphatic carbocycles. The summed E-state index contributed by atoms with van der Waals surface area (Å²) in [7, 11) is 1.56. The molecule has 6 nitrogen and oxygen atoms in total. The van der Waals surface area contributed by atoms with E-state index in [2.05, 4.69) is 0 Å². The molecular formula is C24H20O6. The molecule has 0 atom stereocenters. The molecule has 0 aliphatic heterocycles. The van der Waals surface area contributed by atoms with Gasteiger partial charge in [-0.15, -0.1) is 0 Å². The Morgan fingerprint density at radius 3 is 2.30 bits per heavy atom. The number of rotatable bonds is 5. The van der Waals surface area contributed by atoms with Gasteiger partial charge in [-0.25, -0.2) is 9.59 Å². The molecule has 4 aromatic rings. The molecule has 0 spiro atoms. The number of carbonyl (C=O) groups excluding carboxylic acids is 2. The highest BCUT2D eigenvalue weighted by Crippen LogP contribution is 2.38. The number of hydrogen-bond donors (Lipinski definition) is 0.